The van der Waals surface area contributed by atoms with Gasteiger partial charge in [-0.15, -0.1) is 0 Å². The standard InChI is InChI=1S/C15H23NO3/c1-11(16(2)17)12-8-9-14(15(10-12)18-3)19-13-6-4-5-7-13/h8-11,13,17H,4-7H2,1-3H3. The van der Waals surface area contributed by atoms with Gasteiger partial charge in [0.25, 0.3) is 0 Å². The Hall–Kier alpha value is -1.26. The maximum Gasteiger partial charge on any atom is 0.161 e. The van der Waals surface area contributed by atoms with Gasteiger partial charge in [-0.3, -0.25) is 0 Å². The molecule has 19 heavy (non-hydrogen) atoms. The van der Waals surface area contributed by atoms with Gasteiger partial charge < -0.3 is 14.7 Å². The quantitative estimate of drug-likeness (QED) is 0.829. The summed E-state index contributed by atoms with van der Waals surface area (Å²) in [5, 5.41) is 10.7. The molecule has 1 aromatic rings. The van der Waals surface area contributed by atoms with Crippen LogP contribution in [0, 0.1) is 0 Å². The predicted molar refractivity (Wildman–Crippen MR) is 73.8 cm³/mol. The molecule has 1 unspecified atom stereocenters. The van der Waals surface area contributed by atoms with Gasteiger partial charge in [-0.1, -0.05) is 6.07 Å². The molecule has 0 aliphatic heterocycles. The molecule has 2 rings (SSSR count). The fourth-order valence-corrected chi connectivity index (χ4v) is 2.44. The van der Waals surface area contributed by atoms with Gasteiger partial charge in [-0.2, -0.15) is 5.06 Å². The summed E-state index contributed by atoms with van der Waals surface area (Å²) in [7, 11) is 3.29. The lowest BCUT2D eigenvalue weighted by Crippen LogP contribution is -2.18. The highest BCUT2D eigenvalue weighted by molar-refractivity contribution is 5.43. The average molecular weight is 265 g/mol. The minimum atomic E-state index is -0.0746. The van der Waals surface area contributed by atoms with Crippen LogP contribution in [0.5, 0.6) is 11.5 Å². The summed E-state index contributed by atoms with van der Waals surface area (Å²) in [6.07, 6.45) is 5.06. The normalized spacial score (nSPS) is 17.7. The average Bonchev–Trinajstić information content (AvgIpc) is 2.91. The zero-order valence-electron chi connectivity index (χ0n) is 11.9. The van der Waals surface area contributed by atoms with Crippen molar-refractivity contribution in [3.8, 4) is 11.5 Å². The van der Waals surface area contributed by atoms with Crippen LogP contribution in [0.15, 0.2) is 18.2 Å². The molecule has 0 heterocycles. The number of methoxy groups -OCH3 is 1. The fraction of sp³-hybridized carbons (Fsp3) is 0.600. The first-order valence-corrected chi connectivity index (χ1v) is 6.88. The molecule has 1 aromatic carbocycles. The minimum absolute atomic E-state index is 0.0746. The lowest BCUT2D eigenvalue weighted by Gasteiger charge is -2.21. The molecular weight excluding hydrogens is 242 g/mol. The van der Waals surface area contributed by atoms with Crippen molar-refractivity contribution in [1.29, 1.82) is 0 Å². The van der Waals surface area contributed by atoms with Gasteiger partial charge in [0.1, 0.15) is 0 Å². The SMILES string of the molecule is COc1cc(C(C)N(C)O)ccc1OC1CCCC1. The lowest BCUT2D eigenvalue weighted by molar-refractivity contribution is -0.0984. The maximum absolute atomic E-state index is 9.50. The van der Waals surface area contributed by atoms with Crippen molar-refractivity contribution in [2.75, 3.05) is 14.2 Å². The molecular formula is C15H23NO3. The molecule has 106 valence electrons. The first-order chi connectivity index (χ1) is 9.11. The van der Waals surface area contributed by atoms with Crippen LogP contribution < -0.4 is 9.47 Å². The third-order valence-electron chi connectivity index (χ3n) is 3.83. The van der Waals surface area contributed by atoms with E-state index in [9.17, 15) is 5.21 Å². The van der Waals surface area contributed by atoms with Crippen molar-refractivity contribution < 1.29 is 14.7 Å². The van der Waals surface area contributed by atoms with E-state index in [1.807, 2.05) is 25.1 Å². The zero-order valence-corrected chi connectivity index (χ0v) is 11.9. The largest absolute Gasteiger partial charge is 0.493 e. The zero-order chi connectivity index (χ0) is 13.8. The third kappa shape index (κ3) is 3.39. The van der Waals surface area contributed by atoms with Crippen molar-refractivity contribution in [2.45, 2.75) is 44.8 Å². The Balaban J connectivity index is 2.15. The van der Waals surface area contributed by atoms with Crippen LogP contribution in [-0.2, 0) is 0 Å². The maximum atomic E-state index is 9.50. The molecule has 0 radical (unpaired) electrons. The Morgan fingerprint density at radius 1 is 1.26 bits per heavy atom. The second-order valence-corrected chi connectivity index (χ2v) is 5.18. The number of rotatable bonds is 5. The third-order valence-corrected chi connectivity index (χ3v) is 3.83. The molecule has 4 heteroatoms. The highest BCUT2D eigenvalue weighted by Crippen LogP contribution is 2.34. The molecule has 0 aromatic heterocycles. The molecule has 1 aliphatic carbocycles. The second-order valence-electron chi connectivity index (χ2n) is 5.18. The summed E-state index contributed by atoms with van der Waals surface area (Å²) in [5.74, 6) is 1.53. The molecule has 1 N–H and O–H groups in total. The van der Waals surface area contributed by atoms with E-state index in [1.54, 1.807) is 14.2 Å². The van der Waals surface area contributed by atoms with Crippen molar-refractivity contribution in [2.24, 2.45) is 0 Å². The van der Waals surface area contributed by atoms with Crippen molar-refractivity contribution >= 4 is 0 Å². The molecule has 4 nitrogen and oxygen atoms in total. The lowest BCUT2D eigenvalue weighted by atomic mass is 10.1. The van der Waals surface area contributed by atoms with Crippen LogP contribution in [0.4, 0.5) is 0 Å². The topological polar surface area (TPSA) is 41.9 Å². The number of nitrogens with zero attached hydrogens (tertiary/aromatic N) is 1. The van der Waals surface area contributed by atoms with Gasteiger partial charge >= 0.3 is 0 Å². The van der Waals surface area contributed by atoms with Crippen molar-refractivity contribution in [3.63, 3.8) is 0 Å². The molecule has 0 spiro atoms. The Morgan fingerprint density at radius 3 is 2.53 bits per heavy atom. The number of hydrogen-bond donors (Lipinski definition) is 1. The number of benzene rings is 1. The molecule has 0 amide bonds. The van der Waals surface area contributed by atoms with Gasteiger partial charge in [0.2, 0.25) is 0 Å². The number of ether oxygens (including phenoxy) is 2. The summed E-state index contributed by atoms with van der Waals surface area (Å²) < 4.78 is 11.4. The van der Waals surface area contributed by atoms with E-state index in [0.29, 0.717) is 6.10 Å². The molecule has 1 fully saturated rings. The smallest absolute Gasteiger partial charge is 0.161 e. The van der Waals surface area contributed by atoms with Crippen LogP contribution >= 0.6 is 0 Å². The Kier molecular flexibility index (Phi) is 4.66. The van der Waals surface area contributed by atoms with Gasteiger partial charge in [-0.25, -0.2) is 0 Å². The van der Waals surface area contributed by atoms with E-state index in [1.165, 1.54) is 17.9 Å². The van der Waals surface area contributed by atoms with E-state index < -0.39 is 0 Å². The molecule has 1 atom stereocenters. The number of hydrogen-bond acceptors (Lipinski definition) is 4. The Morgan fingerprint density at radius 2 is 1.95 bits per heavy atom. The summed E-state index contributed by atoms with van der Waals surface area (Å²) in [6, 6.07) is 5.77. The number of hydroxylamine groups is 2. The van der Waals surface area contributed by atoms with Gasteiger partial charge in [0.05, 0.1) is 19.3 Å². The van der Waals surface area contributed by atoms with Gasteiger partial charge in [-0.05, 0) is 50.3 Å². The fourth-order valence-electron chi connectivity index (χ4n) is 2.44. The van der Waals surface area contributed by atoms with Gasteiger partial charge in [0, 0.05) is 7.05 Å². The van der Waals surface area contributed by atoms with E-state index in [0.717, 1.165) is 29.9 Å². The van der Waals surface area contributed by atoms with Crippen LogP contribution in [0.25, 0.3) is 0 Å². The minimum Gasteiger partial charge on any atom is -0.493 e. The van der Waals surface area contributed by atoms with E-state index in [4.69, 9.17) is 9.47 Å². The van der Waals surface area contributed by atoms with Crippen molar-refractivity contribution in [1.82, 2.24) is 5.06 Å². The molecule has 1 aliphatic rings. The van der Waals surface area contributed by atoms with E-state index >= 15 is 0 Å². The van der Waals surface area contributed by atoms with Crippen LogP contribution in [0.2, 0.25) is 0 Å². The first-order valence-electron chi connectivity index (χ1n) is 6.88. The highest BCUT2D eigenvalue weighted by atomic mass is 16.5. The highest BCUT2D eigenvalue weighted by Gasteiger charge is 2.19. The first kappa shape index (κ1) is 14.2. The van der Waals surface area contributed by atoms with Crippen LogP contribution in [-0.4, -0.2) is 30.5 Å². The Bertz CT molecular complexity index is 414. The van der Waals surface area contributed by atoms with E-state index in [2.05, 4.69) is 0 Å². The molecule has 1 saturated carbocycles. The molecule has 0 bridgehead atoms. The summed E-state index contributed by atoms with van der Waals surface area (Å²) >= 11 is 0. The second kappa shape index (κ2) is 6.26. The summed E-state index contributed by atoms with van der Waals surface area (Å²) in [6.45, 7) is 1.94. The monoisotopic (exact) mass is 265 g/mol. The Labute approximate surface area is 114 Å². The van der Waals surface area contributed by atoms with Crippen LogP contribution in [0.1, 0.15) is 44.2 Å². The van der Waals surface area contributed by atoms with Crippen LogP contribution in [0.3, 0.4) is 0 Å². The van der Waals surface area contributed by atoms with Gasteiger partial charge in [0.15, 0.2) is 11.5 Å². The van der Waals surface area contributed by atoms with E-state index in [-0.39, 0.29) is 6.04 Å². The summed E-state index contributed by atoms with van der Waals surface area (Å²) in [4.78, 5) is 0. The predicted octanol–water partition coefficient (Wildman–Crippen LogP) is 3.40. The van der Waals surface area contributed by atoms with Crippen molar-refractivity contribution in [3.05, 3.63) is 23.8 Å². The molecule has 0 saturated heterocycles. The summed E-state index contributed by atoms with van der Waals surface area (Å²) in [5.41, 5.74) is 1.00.